The number of anilines is 1. The van der Waals surface area contributed by atoms with E-state index >= 15 is 0 Å². The van der Waals surface area contributed by atoms with Crippen LogP contribution in [0.2, 0.25) is 5.02 Å². The number of aliphatic imine (C=N–C) groups is 1. The molecule has 0 bridgehead atoms. The fraction of sp³-hybridized carbons (Fsp3) is 0.211. The van der Waals surface area contributed by atoms with Crippen LogP contribution < -0.4 is 10.5 Å². The highest BCUT2D eigenvalue weighted by molar-refractivity contribution is 6.45. The van der Waals surface area contributed by atoms with Crippen LogP contribution in [0.5, 0.6) is 5.75 Å². The molecule has 2 rings (SSSR count). The Hall–Kier alpha value is -3.33. The summed E-state index contributed by atoms with van der Waals surface area (Å²) in [6.45, 7) is 5.33. The van der Waals surface area contributed by atoms with E-state index < -0.39 is 17.9 Å². The number of carbonyl (C=O) groups is 2. The Morgan fingerprint density at radius 1 is 1.24 bits per heavy atom. The summed E-state index contributed by atoms with van der Waals surface area (Å²) in [5, 5.41) is 0.0639. The molecule has 0 aliphatic heterocycles. The fourth-order valence-corrected chi connectivity index (χ4v) is 2.87. The van der Waals surface area contributed by atoms with Gasteiger partial charge in [-0.25, -0.2) is 23.5 Å². The topological polar surface area (TPSA) is 105 Å². The SMILES string of the molecule is C=C(/N=C(/C(=O)OC)c1c(C)cn(C(=O)OC)c1N)c1ccc(Cl)c(OC)c1F. The number of ether oxygens (including phenoxy) is 3. The van der Waals surface area contributed by atoms with Gasteiger partial charge in [0.05, 0.1) is 37.6 Å². The molecule has 1 heterocycles. The zero-order valence-electron chi connectivity index (χ0n) is 16.2. The van der Waals surface area contributed by atoms with Crippen LogP contribution in [0, 0.1) is 12.7 Å². The summed E-state index contributed by atoms with van der Waals surface area (Å²) in [5.74, 6) is -1.94. The number of rotatable bonds is 5. The predicted molar refractivity (Wildman–Crippen MR) is 107 cm³/mol. The summed E-state index contributed by atoms with van der Waals surface area (Å²) in [6, 6.07) is 2.75. The average Bonchev–Trinajstić information content (AvgIpc) is 2.99. The van der Waals surface area contributed by atoms with Crippen molar-refractivity contribution in [2.45, 2.75) is 6.92 Å². The minimum absolute atomic E-state index is 0.0451. The quantitative estimate of drug-likeness (QED) is 0.583. The van der Waals surface area contributed by atoms with Crippen LogP contribution in [0.15, 0.2) is 29.9 Å². The van der Waals surface area contributed by atoms with Gasteiger partial charge < -0.3 is 19.9 Å². The number of nitrogens with two attached hydrogens (primary N) is 1. The molecule has 29 heavy (non-hydrogen) atoms. The van der Waals surface area contributed by atoms with Crippen LogP contribution in [0.4, 0.5) is 15.0 Å². The number of carbonyl (C=O) groups excluding carboxylic acids is 2. The van der Waals surface area contributed by atoms with Crippen LogP contribution in [0.25, 0.3) is 5.70 Å². The maximum atomic E-state index is 14.7. The smallest absolute Gasteiger partial charge is 0.419 e. The van der Waals surface area contributed by atoms with Gasteiger partial charge >= 0.3 is 12.1 Å². The van der Waals surface area contributed by atoms with Gasteiger partial charge in [-0.3, -0.25) is 0 Å². The Kier molecular flexibility index (Phi) is 6.65. The number of aromatic nitrogens is 1. The Morgan fingerprint density at radius 3 is 2.45 bits per heavy atom. The Morgan fingerprint density at radius 2 is 1.90 bits per heavy atom. The van der Waals surface area contributed by atoms with Crippen LogP contribution >= 0.6 is 11.6 Å². The van der Waals surface area contributed by atoms with Crippen molar-refractivity contribution >= 4 is 40.9 Å². The molecule has 2 aromatic rings. The lowest BCUT2D eigenvalue weighted by Crippen LogP contribution is -2.21. The third kappa shape index (κ3) is 4.09. The van der Waals surface area contributed by atoms with Crippen LogP contribution in [0.3, 0.4) is 0 Å². The van der Waals surface area contributed by atoms with Crippen molar-refractivity contribution in [3.8, 4) is 5.75 Å². The van der Waals surface area contributed by atoms with Gasteiger partial charge in [0.1, 0.15) is 5.82 Å². The average molecular weight is 424 g/mol. The molecule has 0 radical (unpaired) electrons. The number of nitrogens with zero attached hydrogens (tertiary/aromatic N) is 2. The van der Waals surface area contributed by atoms with Crippen molar-refractivity contribution in [3.05, 3.63) is 52.4 Å². The van der Waals surface area contributed by atoms with Gasteiger partial charge in [-0.05, 0) is 24.6 Å². The molecule has 2 N–H and O–H groups in total. The van der Waals surface area contributed by atoms with Gasteiger partial charge in [0.2, 0.25) is 0 Å². The molecule has 8 nitrogen and oxygen atoms in total. The molecule has 0 aliphatic rings. The van der Waals surface area contributed by atoms with Gasteiger partial charge in [0, 0.05) is 11.8 Å². The van der Waals surface area contributed by atoms with E-state index in [1.54, 1.807) is 6.92 Å². The highest BCUT2D eigenvalue weighted by Crippen LogP contribution is 2.33. The first-order chi connectivity index (χ1) is 13.7. The second-order valence-corrected chi connectivity index (χ2v) is 6.16. The molecular formula is C19H19ClFN3O5. The van der Waals surface area contributed by atoms with Crippen molar-refractivity contribution in [3.63, 3.8) is 0 Å². The Bertz CT molecular complexity index is 1030. The minimum atomic E-state index is -0.857. The van der Waals surface area contributed by atoms with E-state index in [0.29, 0.717) is 5.56 Å². The maximum Gasteiger partial charge on any atom is 0.419 e. The van der Waals surface area contributed by atoms with E-state index in [1.807, 2.05) is 0 Å². The summed E-state index contributed by atoms with van der Waals surface area (Å²) in [4.78, 5) is 28.4. The molecule has 0 atom stereocenters. The van der Waals surface area contributed by atoms with E-state index in [9.17, 15) is 14.0 Å². The summed E-state index contributed by atoms with van der Waals surface area (Å²) in [7, 11) is 3.60. The number of halogens is 2. The molecule has 0 aliphatic carbocycles. The number of methoxy groups -OCH3 is 3. The standard InChI is InChI=1S/C19H19ClFN3O5/c1-9-8-24(19(26)29-5)17(22)13(9)15(18(25)28-4)23-10(2)11-6-7-12(20)16(27-3)14(11)21/h6-8H,2,22H2,1,3-5H3/b23-15+. The molecule has 0 fully saturated rings. The zero-order chi connectivity index (χ0) is 21.9. The van der Waals surface area contributed by atoms with Crippen molar-refractivity contribution in [2.24, 2.45) is 4.99 Å². The Balaban J connectivity index is 2.65. The molecule has 154 valence electrons. The van der Waals surface area contributed by atoms with Crippen molar-refractivity contribution in [1.82, 2.24) is 4.57 Å². The summed E-state index contributed by atoms with van der Waals surface area (Å²) in [5.41, 5.74) is 6.17. The molecule has 0 saturated heterocycles. The van der Waals surface area contributed by atoms with E-state index in [0.717, 1.165) is 11.7 Å². The molecule has 0 saturated carbocycles. The van der Waals surface area contributed by atoms with Gasteiger partial charge in [-0.2, -0.15) is 0 Å². The number of nitrogen functional groups attached to an aromatic ring is 1. The van der Waals surface area contributed by atoms with Crippen molar-refractivity contribution in [2.75, 3.05) is 27.1 Å². The zero-order valence-corrected chi connectivity index (χ0v) is 17.0. The first kappa shape index (κ1) is 22.0. The van der Waals surface area contributed by atoms with Gasteiger partial charge in [-0.1, -0.05) is 18.2 Å². The third-order valence-electron chi connectivity index (χ3n) is 4.03. The normalized spacial score (nSPS) is 11.2. The highest BCUT2D eigenvalue weighted by atomic mass is 35.5. The van der Waals surface area contributed by atoms with Gasteiger partial charge in [-0.15, -0.1) is 0 Å². The Labute approximate surface area is 171 Å². The number of esters is 1. The predicted octanol–water partition coefficient (Wildman–Crippen LogP) is 3.43. The first-order valence-electron chi connectivity index (χ1n) is 8.12. The highest BCUT2D eigenvalue weighted by Gasteiger charge is 2.26. The third-order valence-corrected chi connectivity index (χ3v) is 4.33. The number of aryl methyl sites for hydroxylation is 1. The lowest BCUT2D eigenvalue weighted by molar-refractivity contribution is -0.132. The lowest BCUT2D eigenvalue weighted by atomic mass is 10.1. The van der Waals surface area contributed by atoms with Gasteiger partial charge in [0.25, 0.3) is 0 Å². The molecule has 1 aromatic carbocycles. The summed E-state index contributed by atoms with van der Waals surface area (Å²) < 4.78 is 30.1. The van der Waals surface area contributed by atoms with Crippen LogP contribution in [-0.4, -0.2) is 43.7 Å². The molecule has 0 spiro atoms. The van der Waals surface area contributed by atoms with Crippen LogP contribution in [0.1, 0.15) is 16.7 Å². The van der Waals surface area contributed by atoms with Crippen LogP contribution in [-0.2, 0) is 14.3 Å². The second kappa shape index (κ2) is 8.78. The number of hydrogen-bond donors (Lipinski definition) is 1. The molecule has 10 heteroatoms. The minimum Gasteiger partial charge on any atom is -0.492 e. The number of hydrogen-bond acceptors (Lipinski definition) is 7. The monoisotopic (exact) mass is 423 g/mol. The maximum absolute atomic E-state index is 14.7. The first-order valence-corrected chi connectivity index (χ1v) is 8.50. The van der Waals surface area contributed by atoms with Gasteiger partial charge in [0.15, 0.2) is 17.3 Å². The summed E-state index contributed by atoms with van der Waals surface area (Å²) in [6.07, 6.45) is 0.622. The van der Waals surface area contributed by atoms with E-state index in [4.69, 9.17) is 26.8 Å². The molecule has 0 amide bonds. The lowest BCUT2D eigenvalue weighted by Gasteiger charge is -2.11. The van der Waals surface area contributed by atoms with E-state index in [2.05, 4.69) is 16.3 Å². The molecule has 1 aromatic heterocycles. The van der Waals surface area contributed by atoms with Crippen molar-refractivity contribution < 1.29 is 28.2 Å². The second-order valence-electron chi connectivity index (χ2n) is 5.75. The van der Waals surface area contributed by atoms with E-state index in [1.165, 1.54) is 32.5 Å². The van der Waals surface area contributed by atoms with E-state index in [-0.39, 0.29) is 39.1 Å². The number of benzene rings is 1. The fourth-order valence-electron chi connectivity index (χ4n) is 2.65. The largest absolute Gasteiger partial charge is 0.492 e. The van der Waals surface area contributed by atoms with Crippen molar-refractivity contribution in [1.29, 1.82) is 0 Å². The molecule has 0 unspecified atom stereocenters. The molecular weight excluding hydrogens is 405 g/mol. The summed E-state index contributed by atoms with van der Waals surface area (Å²) >= 11 is 5.90.